The van der Waals surface area contributed by atoms with Gasteiger partial charge < -0.3 is 0 Å². The van der Waals surface area contributed by atoms with Crippen molar-refractivity contribution in [3.8, 4) is 23.0 Å². The van der Waals surface area contributed by atoms with E-state index in [4.69, 9.17) is 16.9 Å². The van der Waals surface area contributed by atoms with E-state index in [9.17, 15) is 0 Å². The lowest BCUT2D eigenvalue weighted by atomic mass is 10.2. The van der Waals surface area contributed by atoms with Crippen LogP contribution in [0.25, 0.3) is 16.9 Å². The first kappa shape index (κ1) is 12.4. The zero-order valence-corrected chi connectivity index (χ0v) is 11.1. The van der Waals surface area contributed by atoms with Crippen LogP contribution in [0.5, 0.6) is 0 Å². The fourth-order valence-electron chi connectivity index (χ4n) is 1.93. The second-order valence-corrected chi connectivity index (χ2v) is 4.59. The first-order chi connectivity index (χ1) is 9.78. The van der Waals surface area contributed by atoms with Gasteiger partial charge in [0.1, 0.15) is 6.07 Å². The van der Waals surface area contributed by atoms with Gasteiger partial charge in [0.25, 0.3) is 0 Å². The summed E-state index contributed by atoms with van der Waals surface area (Å²) in [6, 6.07) is 14.9. The first-order valence-corrected chi connectivity index (χ1v) is 6.32. The molecule has 96 valence electrons. The highest BCUT2D eigenvalue weighted by Gasteiger charge is 2.11. The molecule has 0 N–H and O–H groups in total. The summed E-state index contributed by atoms with van der Waals surface area (Å²) in [5.74, 6) is 0. The topological polar surface area (TPSA) is 54.5 Å². The number of aromatic nitrogens is 3. The summed E-state index contributed by atoms with van der Waals surface area (Å²) in [6.45, 7) is 0. The lowest BCUT2D eigenvalue weighted by molar-refractivity contribution is 0.880. The molecule has 0 bridgehead atoms. The minimum Gasteiger partial charge on any atom is -0.264 e. The molecule has 0 aliphatic rings. The number of nitrogens with zero attached hydrogens (tertiary/aromatic N) is 4. The monoisotopic (exact) mass is 280 g/mol. The molecule has 3 rings (SSSR count). The Kier molecular flexibility index (Phi) is 3.20. The number of pyridine rings is 1. The molecule has 20 heavy (non-hydrogen) atoms. The number of rotatable bonds is 2. The maximum absolute atomic E-state index is 9.05. The summed E-state index contributed by atoms with van der Waals surface area (Å²) in [7, 11) is 0. The van der Waals surface area contributed by atoms with Crippen LogP contribution in [-0.4, -0.2) is 14.8 Å². The third kappa shape index (κ3) is 2.27. The van der Waals surface area contributed by atoms with Crippen LogP contribution in [0.1, 0.15) is 5.69 Å². The van der Waals surface area contributed by atoms with Crippen LogP contribution >= 0.6 is 11.6 Å². The predicted molar refractivity (Wildman–Crippen MR) is 76.5 cm³/mol. The molecule has 0 unspecified atom stereocenters. The van der Waals surface area contributed by atoms with Crippen LogP contribution in [0.15, 0.2) is 54.9 Å². The smallest absolute Gasteiger partial charge is 0.163 e. The van der Waals surface area contributed by atoms with Gasteiger partial charge in [-0.25, -0.2) is 4.68 Å². The molecule has 0 saturated heterocycles. The van der Waals surface area contributed by atoms with Gasteiger partial charge in [0.05, 0.1) is 11.4 Å². The highest BCUT2D eigenvalue weighted by Crippen LogP contribution is 2.23. The maximum atomic E-state index is 9.05. The first-order valence-electron chi connectivity index (χ1n) is 5.94. The quantitative estimate of drug-likeness (QED) is 0.722. The summed E-state index contributed by atoms with van der Waals surface area (Å²) in [5.41, 5.74) is 2.92. The van der Waals surface area contributed by atoms with Crippen LogP contribution in [0.3, 0.4) is 0 Å². The third-order valence-electron chi connectivity index (χ3n) is 2.85. The zero-order chi connectivity index (χ0) is 13.9. The van der Waals surface area contributed by atoms with Crippen molar-refractivity contribution in [2.75, 3.05) is 0 Å². The van der Waals surface area contributed by atoms with Crippen molar-refractivity contribution in [1.29, 1.82) is 5.26 Å². The predicted octanol–water partition coefficient (Wildman–Crippen LogP) is 3.46. The Labute approximate surface area is 120 Å². The molecular formula is C15H9ClN4. The molecule has 4 nitrogen and oxygen atoms in total. The van der Waals surface area contributed by atoms with Gasteiger partial charge in [-0.2, -0.15) is 10.4 Å². The van der Waals surface area contributed by atoms with Gasteiger partial charge in [0, 0.05) is 29.0 Å². The van der Waals surface area contributed by atoms with Crippen molar-refractivity contribution in [3.63, 3.8) is 0 Å². The molecule has 5 heteroatoms. The van der Waals surface area contributed by atoms with Crippen molar-refractivity contribution in [3.05, 3.63) is 65.6 Å². The Bertz CT molecular complexity index is 770. The summed E-state index contributed by atoms with van der Waals surface area (Å²) in [6.07, 6.45) is 3.45. The fraction of sp³-hybridized carbons (Fsp3) is 0. The van der Waals surface area contributed by atoms with Crippen LogP contribution < -0.4 is 0 Å². The van der Waals surface area contributed by atoms with E-state index in [1.165, 1.54) is 0 Å². The SMILES string of the molecule is N#Cc1cc(-c2cccnc2)n(-c2ccc(Cl)cc2)n1. The Morgan fingerprint density at radius 1 is 1.15 bits per heavy atom. The Balaban J connectivity index is 2.18. The van der Waals surface area contributed by atoms with Crippen molar-refractivity contribution in [2.45, 2.75) is 0 Å². The molecule has 2 aromatic heterocycles. The van der Waals surface area contributed by atoms with E-state index in [2.05, 4.69) is 16.2 Å². The third-order valence-corrected chi connectivity index (χ3v) is 3.10. The normalized spacial score (nSPS) is 10.2. The van der Waals surface area contributed by atoms with E-state index >= 15 is 0 Å². The lowest BCUT2D eigenvalue weighted by Gasteiger charge is -2.07. The maximum Gasteiger partial charge on any atom is 0.163 e. The van der Waals surface area contributed by atoms with Crippen LogP contribution in [-0.2, 0) is 0 Å². The number of halogens is 1. The summed E-state index contributed by atoms with van der Waals surface area (Å²) >= 11 is 5.90. The van der Waals surface area contributed by atoms with Gasteiger partial charge in [-0.05, 0) is 36.4 Å². The molecular weight excluding hydrogens is 272 g/mol. The van der Waals surface area contributed by atoms with Crippen molar-refractivity contribution in [2.24, 2.45) is 0 Å². The van der Waals surface area contributed by atoms with Crippen molar-refractivity contribution >= 4 is 11.6 Å². The van der Waals surface area contributed by atoms with Crippen LogP contribution in [0.4, 0.5) is 0 Å². The van der Waals surface area contributed by atoms with E-state index in [1.54, 1.807) is 35.3 Å². The van der Waals surface area contributed by atoms with Crippen molar-refractivity contribution < 1.29 is 0 Å². The van der Waals surface area contributed by atoms with Crippen LogP contribution in [0, 0.1) is 11.3 Å². The Hall–Kier alpha value is -2.64. The highest BCUT2D eigenvalue weighted by atomic mass is 35.5. The zero-order valence-electron chi connectivity index (χ0n) is 10.4. The van der Waals surface area contributed by atoms with Gasteiger partial charge in [-0.1, -0.05) is 11.6 Å². The van der Waals surface area contributed by atoms with E-state index in [0.29, 0.717) is 10.7 Å². The van der Waals surface area contributed by atoms with E-state index in [-0.39, 0.29) is 0 Å². The van der Waals surface area contributed by atoms with E-state index in [0.717, 1.165) is 16.9 Å². The van der Waals surface area contributed by atoms with E-state index < -0.39 is 0 Å². The summed E-state index contributed by atoms with van der Waals surface area (Å²) in [5, 5.41) is 14.0. The number of hydrogen-bond donors (Lipinski definition) is 0. The largest absolute Gasteiger partial charge is 0.264 e. The standard InChI is InChI=1S/C15H9ClN4/c16-12-3-5-14(6-4-12)20-15(8-13(9-17)19-20)11-2-1-7-18-10-11/h1-8,10H. The molecule has 2 heterocycles. The molecule has 0 spiro atoms. The molecule has 0 aliphatic carbocycles. The molecule has 3 aromatic rings. The van der Waals surface area contributed by atoms with Gasteiger partial charge in [-0.15, -0.1) is 0 Å². The van der Waals surface area contributed by atoms with E-state index in [1.807, 2.05) is 24.3 Å². The minimum atomic E-state index is 0.360. The highest BCUT2D eigenvalue weighted by molar-refractivity contribution is 6.30. The average Bonchev–Trinajstić information content (AvgIpc) is 2.93. The van der Waals surface area contributed by atoms with Gasteiger partial charge in [0.2, 0.25) is 0 Å². The lowest BCUT2D eigenvalue weighted by Crippen LogP contribution is -1.99. The number of nitriles is 1. The molecule has 0 fully saturated rings. The molecule has 1 aromatic carbocycles. The average molecular weight is 281 g/mol. The molecule has 0 amide bonds. The minimum absolute atomic E-state index is 0.360. The Morgan fingerprint density at radius 3 is 2.60 bits per heavy atom. The summed E-state index contributed by atoms with van der Waals surface area (Å²) in [4.78, 5) is 4.10. The second kappa shape index (κ2) is 5.16. The van der Waals surface area contributed by atoms with Gasteiger partial charge in [0.15, 0.2) is 5.69 Å². The summed E-state index contributed by atoms with van der Waals surface area (Å²) < 4.78 is 1.71. The van der Waals surface area contributed by atoms with Gasteiger partial charge in [-0.3, -0.25) is 4.98 Å². The van der Waals surface area contributed by atoms with Crippen LogP contribution in [0.2, 0.25) is 5.02 Å². The number of hydrogen-bond acceptors (Lipinski definition) is 3. The molecule has 0 atom stereocenters. The molecule has 0 saturated carbocycles. The van der Waals surface area contributed by atoms with Gasteiger partial charge >= 0.3 is 0 Å². The molecule has 0 aliphatic heterocycles. The number of benzene rings is 1. The second-order valence-electron chi connectivity index (χ2n) is 4.16. The fourth-order valence-corrected chi connectivity index (χ4v) is 2.06. The molecule has 0 radical (unpaired) electrons. The van der Waals surface area contributed by atoms with Crippen molar-refractivity contribution in [1.82, 2.24) is 14.8 Å². The Morgan fingerprint density at radius 2 is 1.95 bits per heavy atom.